The van der Waals surface area contributed by atoms with E-state index in [4.69, 9.17) is 11.6 Å². The van der Waals surface area contributed by atoms with Crippen LogP contribution in [0.5, 0.6) is 0 Å². The molecular formula is C10H13Br2ClS. The number of thiophene rings is 1. The molecule has 4 heteroatoms. The zero-order chi connectivity index (χ0) is 10.9. The average Bonchev–Trinajstić information content (AvgIpc) is 2.44. The summed E-state index contributed by atoms with van der Waals surface area (Å²) in [5.74, 6) is 1.27. The maximum Gasteiger partial charge on any atom is 0.0887 e. The summed E-state index contributed by atoms with van der Waals surface area (Å²) in [5.41, 5.74) is 0. The lowest BCUT2D eigenvalue weighted by molar-refractivity contribution is 0.417. The van der Waals surface area contributed by atoms with Crippen molar-refractivity contribution in [2.75, 3.05) is 0 Å². The summed E-state index contributed by atoms with van der Waals surface area (Å²) in [6, 6.07) is 2.04. The maximum atomic E-state index is 6.00. The molecule has 0 N–H and O–H groups in total. The summed E-state index contributed by atoms with van der Waals surface area (Å²) in [5, 5.41) is 0.811. The highest BCUT2D eigenvalue weighted by Gasteiger charge is 2.21. The Morgan fingerprint density at radius 2 is 1.93 bits per heavy atom. The minimum Gasteiger partial charge on any atom is -0.130 e. The molecule has 1 rings (SSSR count). The van der Waals surface area contributed by atoms with Crippen molar-refractivity contribution in [3.8, 4) is 0 Å². The molecule has 1 aromatic rings. The molecule has 0 saturated heterocycles. The van der Waals surface area contributed by atoms with Gasteiger partial charge in [0.25, 0.3) is 0 Å². The second kappa shape index (κ2) is 5.33. The largest absolute Gasteiger partial charge is 0.130 e. The number of rotatable bonds is 3. The predicted molar refractivity (Wildman–Crippen MR) is 72.7 cm³/mol. The molecule has 1 aromatic heterocycles. The van der Waals surface area contributed by atoms with E-state index in [9.17, 15) is 0 Å². The highest BCUT2D eigenvalue weighted by molar-refractivity contribution is 9.11. The zero-order valence-corrected chi connectivity index (χ0v) is 13.1. The molecule has 0 aliphatic heterocycles. The lowest BCUT2D eigenvalue weighted by Crippen LogP contribution is -2.09. The van der Waals surface area contributed by atoms with Gasteiger partial charge in [0.1, 0.15) is 0 Å². The fourth-order valence-corrected chi connectivity index (χ4v) is 3.96. The Morgan fingerprint density at radius 3 is 2.29 bits per heavy atom. The summed E-state index contributed by atoms with van der Waals surface area (Å²) in [4.78, 5) is 1.69. The molecule has 0 spiro atoms. The van der Waals surface area contributed by atoms with E-state index in [1.165, 1.54) is 4.88 Å². The molecule has 2 unspecified atom stereocenters. The monoisotopic (exact) mass is 358 g/mol. The third kappa shape index (κ3) is 2.97. The lowest BCUT2D eigenvalue weighted by atomic mass is 9.94. The molecule has 0 radical (unpaired) electrons. The van der Waals surface area contributed by atoms with Crippen molar-refractivity contribution in [1.29, 1.82) is 0 Å². The fourth-order valence-electron chi connectivity index (χ4n) is 1.10. The number of alkyl halides is 1. The van der Waals surface area contributed by atoms with E-state index in [1.54, 1.807) is 11.3 Å². The molecule has 0 aromatic carbocycles. The first-order valence-electron chi connectivity index (χ1n) is 4.52. The number of hydrogen-bond donors (Lipinski definition) is 0. The van der Waals surface area contributed by atoms with E-state index in [2.05, 4.69) is 52.6 Å². The summed E-state index contributed by atoms with van der Waals surface area (Å²) < 4.78 is 1.02. The molecule has 80 valence electrons. The molecule has 0 amide bonds. The standard InChI is InChI=1S/C10H13Br2ClS/c1-5(2)6(3)9(11)8-4-7(13)10(12)14-8/h4-6,9H,1-3H3. The minimum absolute atomic E-state index is 0.399. The molecule has 0 fully saturated rings. The van der Waals surface area contributed by atoms with Crippen LogP contribution in [0.1, 0.15) is 30.5 Å². The zero-order valence-electron chi connectivity index (χ0n) is 8.35. The van der Waals surface area contributed by atoms with E-state index in [1.807, 2.05) is 6.07 Å². The molecule has 0 saturated carbocycles. The topological polar surface area (TPSA) is 0 Å². The van der Waals surface area contributed by atoms with Crippen LogP contribution in [0.2, 0.25) is 5.02 Å². The van der Waals surface area contributed by atoms with Crippen molar-refractivity contribution in [2.45, 2.75) is 25.6 Å². The Bertz CT molecular complexity index is 290. The van der Waals surface area contributed by atoms with Gasteiger partial charge < -0.3 is 0 Å². The Balaban J connectivity index is 2.83. The first kappa shape index (κ1) is 13.0. The Hall–Kier alpha value is 0.950. The second-order valence-corrected chi connectivity index (χ2v) is 7.57. The van der Waals surface area contributed by atoms with Crippen LogP contribution in [0.3, 0.4) is 0 Å². The first-order valence-corrected chi connectivity index (χ1v) is 7.42. The molecule has 0 bridgehead atoms. The summed E-state index contributed by atoms with van der Waals surface area (Å²) in [7, 11) is 0. The van der Waals surface area contributed by atoms with Crippen molar-refractivity contribution in [1.82, 2.24) is 0 Å². The molecule has 2 atom stereocenters. The lowest BCUT2D eigenvalue weighted by Gasteiger charge is -2.20. The van der Waals surface area contributed by atoms with E-state index in [0.29, 0.717) is 16.7 Å². The van der Waals surface area contributed by atoms with Gasteiger partial charge in [0.15, 0.2) is 0 Å². The summed E-state index contributed by atoms with van der Waals surface area (Å²) >= 11 is 14.9. The Labute approximate surface area is 111 Å². The van der Waals surface area contributed by atoms with Crippen LogP contribution in [-0.2, 0) is 0 Å². The van der Waals surface area contributed by atoms with Crippen LogP contribution >= 0.6 is 54.8 Å². The normalized spacial score (nSPS) is 15.9. The molecule has 0 nitrogen and oxygen atoms in total. The quantitative estimate of drug-likeness (QED) is 0.589. The number of hydrogen-bond acceptors (Lipinski definition) is 1. The van der Waals surface area contributed by atoms with Gasteiger partial charge in [-0.2, -0.15) is 0 Å². The van der Waals surface area contributed by atoms with Crippen molar-refractivity contribution in [2.24, 2.45) is 11.8 Å². The maximum absolute atomic E-state index is 6.00. The van der Waals surface area contributed by atoms with Crippen molar-refractivity contribution in [3.63, 3.8) is 0 Å². The SMILES string of the molecule is CC(C)C(C)C(Br)c1cc(Cl)c(Br)s1. The molecule has 14 heavy (non-hydrogen) atoms. The first-order chi connectivity index (χ1) is 6.43. The van der Waals surface area contributed by atoms with Gasteiger partial charge in [-0.1, -0.05) is 48.3 Å². The smallest absolute Gasteiger partial charge is 0.0887 e. The average molecular weight is 361 g/mol. The van der Waals surface area contributed by atoms with Gasteiger partial charge in [0.05, 0.1) is 13.6 Å². The van der Waals surface area contributed by atoms with Gasteiger partial charge >= 0.3 is 0 Å². The van der Waals surface area contributed by atoms with Gasteiger partial charge in [-0.25, -0.2) is 0 Å². The molecule has 0 aliphatic carbocycles. The van der Waals surface area contributed by atoms with E-state index in [-0.39, 0.29) is 0 Å². The predicted octanol–water partition coefficient (Wildman–Crippen LogP) is 5.89. The molecular weight excluding hydrogens is 347 g/mol. The molecule has 1 heterocycles. The Kier molecular flexibility index (Phi) is 4.96. The van der Waals surface area contributed by atoms with E-state index in [0.717, 1.165) is 8.81 Å². The van der Waals surface area contributed by atoms with Gasteiger partial charge in [-0.05, 0) is 33.8 Å². The van der Waals surface area contributed by atoms with Crippen molar-refractivity contribution < 1.29 is 0 Å². The van der Waals surface area contributed by atoms with E-state index < -0.39 is 0 Å². The third-order valence-corrected chi connectivity index (χ3v) is 6.64. The molecule has 0 aliphatic rings. The van der Waals surface area contributed by atoms with Crippen molar-refractivity contribution >= 4 is 54.8 Å². The van der Waals surface area contributed by atoms with Gasteiger partial charge in [-0.15, -0.1) is 11.3 Å². The van der Waals surface area contributed by atoms with Gasteiger partial charge in [0.2, 0.25) is 0 Å². The number of halogens is 3. The second-order valence-electron chi connectivity index (χ2n) is 3.78. The van der Waals surface area contributed by atoms with Crippen LogP contribution in [0, 0.1) is 11.8 Å². The van der Waals surface area contributed by atoms with Crippen molar-refractivity contribution in [3.05, 3.63) is 19.8 Å². The summed E-state index contributed by atoms with van der Waals surface area (Å²) in [6.45, 7) is 6.73. The third-order valence-electron chi connectivity index (χ3n) is 2.45. The highest BCUT2D eigenvalue weighted by Crippen LogP contribution is 2.43. The fraction of sp³-hybridized carbons (Fsp3) is 0.600. The Morgan fingerprint density at radius 1 is 1.36 bits per heavy atom. The van der Waals surface area contributed by atoms with E-state index >= 15 is 0 Å². The van der Waals surface area contributed by atoms with Gasteiger partial charge in [-0.3, -0.25) is 0 Å². The van der Waals surface area contributed by atoms with Crippen LogP contribution in [0.25, 0.3) is 0 Å². The highest BCUT2D eigenvalue weighted by atomic mass is 79.9. The van der Waals surface area contributed by atoms with Crippen LogP contribution in [0.15, 0.2) is 9.85 Å². The van der Waals surface area contributed by atoms with Crippen LogP contribution in [-0.4, -0.2) is 0 Å². The summed E-state index contributed by atoms with van der Waals surface area (Å²) in [6.07, 6.45) is 0. The van der Waals surface area contributed by atoms with Crippen LogP contribution in [0.4, 0.5) is 0 Å². The van der Waals surface area contributed by atoms with Gasteiger partial charge in [0, 0.05) is 4.88 Å². The van der Waals surface area contributed by atoms with Crippen LogP contribution < -0.4 is 0 Å². The minimum atomic E-state index is 0.399.